The highest BCUT2D eigenvalue weighted by atomic mass is 16.5. The summed E-state index contributed by atoms with van der Waals surface area (Å²) in [5.74, 6) is 0.894. The highest BCUT2D eigenvalue weighted by molar-refractivity contribution is 5.51. The quantitative estimate of drug-likeness (QED) is 0.764. The highest BCUT2D eigenvalue weighted by Gasteiger charge is 1.90. The fraction of sp³-hybridized carbons (Fsp3) is 0.125. The predicted molar refractivity (Wildman–Crippen MR) is 72.2 cm³/mol. The first-order valence-electron chi connectivity index (χ1n) is 5.73. The standard InChI is InChI=1S/C16H16O/c1-17-16-12-10-15(11-13-16)9-5-8-14-6-3-2-4-7-14/h2-7,9-13H,8H2,1H3/b9-5+. The van der Waals surface area contributed by atoms with Crippen LogP contribution in [-0.4, -0.2) is 7.11 Å². The Morgan fingerprint density at radius 2 is 1.65 bits per heavy atom. The molecule has 0 unspecified atom stereocenters. The Labute approximate surface area is 102 Å². The number of ether oxygens (including phenoxy) is 1. The van der Waals surface area contributed by atoms with Crippen LogP contribution in [0.4, 0.5) is 0 Å². The van der Waals surface area contributed by atoms with Gasteiger partial charge >= 0.3 is 0 Å². The van der Waals surface area contributed by atoms with Gasteiger partial charge in [-0.2, -0.15) is 0 Å². The number of hydrogen-bond acceptors (Lipinski definition) is 1. The van der Waals surface area contributed by atoms with Crippen LogP contribution in [0.5, 0.6) is 5.75 Å². The van der Waals surface area contributed by atoms with Gasteiger partial charge in [-0.3, -0.25) is 0 Å². The van der Waals surface area contributed by atoms with Crippen LogP contribution in [0, 0.1) is 0 Å². The maximum Gasteiger partial charge on any atom is 0.118 e. The van der Waals surface area contributed by atoms with Crippen LogP contribution in [0.25, 0.3) is 6.08 Å². The number of benzene rings is 2. The van der Waals surface area contributed by atoms with Gasteiger partial charge in [-0.1, -0.05) is 54.6 Å². The molecule has 2 aromatic carbocycles. The van der Waals surface area contributed by atoms with E-state index in [0.29, 0.717) is 0 Å². The van der Waals surface area contributed by atoms with Crippen molar-refractivity contribution in [1.82, 2.24) is 0 Å². The second-order valence-corrected chi connectivity index (χ2v) is 3.87. The van der Waals surface area contributed by atoms with Crippen LogP contribution in [-0.2, 0) is 6.42 Å². The lowest BCUT2D eigenvalue weighted by Crippen LogP contribution is -1.82. The zero-order valence-corrected chi connectivity index (χ0v) is 9.97. The van der Waals surface area contributed by atoms with E-state index in [2.05, 4.69) is 48.6 Å². The summed E-state index contributed by atoms with van der Waals surface area (Å²) in [5.41, 5.74) is 2.53. The van der Waals surface area contributed by atoms with Crippen LogP contribution >= 0.6 is 0 Å². The van der Waals surface area contributed by atoms with E-state index in [4.69, 9.17) is 4.74 Å². The molecular weight excluding hydrogens is 208 g/mol. The first-order valence-corrected chi connectivity index (χ1v) is 5.73. The van der Waals surface area contributed by atoms with Crippen LogP contribution in [0.1, 0.15) is 11.1 Å². The van der Waals surface area contributed by atoms with Gasteiger partial charge < -0.3 is 4.74 Å². The normalized spacial score (nSPS) is 10.6. The molecule has 0 saturated heterocycles. The summed E-state index contributed by atoms with van der Waals surface area (Å²) in [4.78, 5) is 0. The van der Waals surface area contributed by atoms with Gasteiger partial charge in [0.25, 0.3) is 0 Å². The maximum atomic E-state index is 5.12. The summed E-state index contributed by atoms with van der Waals surface area (Å²) in [7, 11) is 1.68. The topological polar surface area (TPSA) is 9.23 Å². The smallest absolute Gasteiger partial charge is 0.118 e. The fourth-order valence-electron chi connectivity index (χ4n) is 1.66. The largest absolute Gasteiger partial charge is 0.497 e. The summed E-state index contributed by atoms with van der Waals surface area (Å²) >= 11 is 0. The van der Waals surface area contributed by atoms with Crippen molar-refractivity contribution in [2.75, 3.05) is 7.11 Å². The van der Waals surface area contributed by atoms with E-state index in [1.165, 1.54) is 11.1 Å². The average molecular weight is 224 g/mol. The minimum absolute atomic E-state index is 0.894. The summed E-state index contributed by atoms with van der Waals surface area (Å²) < 4.78 is 5.12. The van der Waals surface area contributed by atoms with E-state index in [9.17, 15) is 0 Å². The lowest BCUT2D eigenvalue weighted by molar-refractivity contribution is 0.415. The first kappa shape index (κ1) is 11.5. The Morgan fingerprint density at radius 3 is 2.29 bits per heavy atom. The number of allylic oxidation sites excluding steroid dienone is 1. The minimum atomic E-state index is 0.894. The minimum Gasteiger partial charge on any atom is -0.497 e. The Morgan fingerprint density at radius 1 is 0.941 bits per heavy atom. The molecule has 0 bridgehead atoms. The molecule has 17 heavy (non-hydrogen) atoms. The van der Waals surface area contributed by atoms with E-state index in [-0.39, 0.29) is 0 Å². The van der Waals surface area contributed by atoms with Crippen LogP contribution in [0.2, 0.25) is 0 Å². The Bertz CT molecular complexity index is 469. The zero-order chi connectivity index (χ0) is 11.9. The number of hydrogen-bond donors (Lipinski definition) is 0. The SMILES string of the molecule is COc1ccc(/C=C/Cc2ccccc2)cc1. The van der Waals surface area contributed by atoms with E-state index in [1.807, 2.05) is 18.2 Å². The molecule has 86 valence electrons. The maximum absolute atomic E-state index is 5.12. The van der Waals surface area contributed by atoms with Crippen molar-refractivity contribution in [3.8, 4) is 5.75 Å². The van der Waals surface area contributed by atoms with Gasteiger partial charge in [-0.05, 0) is 29.7 Å². The fourth-order valence-corrected chi connectivity index (χ4v) is 1.66. The molecule has 0 amide bonds. The second kappa shape index (κ2) is 5.90. The van der Waals surface area contributed by atoms with Gasteiger partial charge in [0.1, 0.15) is 5.75 Å². The molecule has 0 saturated carbocycles. The third-order valence-corrected chi connectivity index (χ3v) is 2.62. The molecule has 0 aliphatic rings. The molecule has 0 radical (unpaired) electrons. The molecule has 0 aromatic heterocycles. The second-order valence-electron chi connectivity index (χ2n) is 3.87. The Kier molecular flexibility index (Phi) is 3.98. The van der Waals surface area contributed by atoms with E-state index in [1.54, 1.807) is 7.11 Å². The van der Waals surface area contributed by atoms with Crippen molar-refractivity contribution in [3.63, 3.8) is 0 Å². The van der Waals surface area contributed by atoms with Crippen molar-refractivity contribution in [2.24, 2.45) is 0 Å². The van der Waals surface area contributed by atoms with Gasteiger partial charge in [0.2, 0.25) is 0 Å². The highest BCUT2D eigenvalue weighted by Crippen LogP contribution is 2.12. The van der Waals surface area contributed by atoms with Gasteiger partial charge in [0, 0.05) is 0 Å². The molecule has 2 aromatic rings. The Hall–Kier alpha value is -2.02. The van der Waals surface area contributed by atoms with Gasteiger partial charge in [-0.25, -0.2) is 0 Å². The lowest BCUT2D eigenvalue weighted by atomic mass is 10.1. The molecule has 1 nitrogen and oxygen atoms in total. The molecule has 0 spiro atoms. The van der Waals surface area contributed by atoms with Crippen LogP contribution < -0.4 is 4.74 Å². The molecule has 0 heterocycles. The first-order chi connectivity index (χ1) is 8.38. The molecule has 0 aliphatic carbocycles. The van der Waals surface area contributed by atoms with E-state index < -0.39 is 0 Å². The third kappa shape index (κ3) is 3.49. The third-order valence-electron chi connectivity index (χ3n) is 2.62. The van der Waals surface area contributed by atoms with Crippen molar-refractivity contribution < 1.29 is 4.74 Å². The van der Waals surface area contributed by atoms with Crippen molar-refractivity contribution >= 4 is 6.08 Å². The van der Waals surface area contributed by atoms with Gasteiger partial charge in [-0.15, -0.1) is 0 Å². The predicted octanol–water partition coefficient (Wildman–Crippen LogP) is 3.95. The molecule has 0 aliphatic heterocycles. The lowest BCUT2D eigenvalue weighted by Gasteiger charge is -1.99. The molecular formula is C16H16O. The molecule has 2 rings (SSSR count). The summed E-state index contributed by atoms with van der Waals surface area (Å²) in [6.45, 7) is 0. The Balaban J connectivity index is 1.96. The molecule has 0 N–H and O–H groups in total. The van der Waals surface area contributed by atoms with Crippen molar-refractivity contribution in [2.45, 2.75) is 6.42 Å². The van der Waals surface area contributed by atoms with Crippen molar-refractivity contribution in [1.29, 1.82) is 0 Å². The monoisotopic (exact) mass is 224 g/mol. The van der Waals surface area contributed by atoms with Crippen LogP contribution in [0.3, 0.4) is 0 Å². The zero-order valence-electron chi connectivity index (χ0n) is 9.97. The van der Waals surface area contributed by atoms with E-state index >= 15 is 0 Å². The molecule has 0 fully saturated rings. The van der Waals surface area contributed by atoms with Gasteiger partial charge in [0.05, 0.1) is 7.11 Å². The number of rotatable bonds is 4. The summed E-state index contributed by atoms with van der Waals surface area (Å²) in [6, 6.07) is 18.5. The van der Waals surface area contributed by atoms with E-state index in [0.717, 1.165) is 12.2 Å². The van der Waals surface area contributed by atoms with Gasteiger partial charge in [0.15, 0.2) is 0 Å². The summed E-state index contributed by atoms with van der Waals surface area (Å²) in [5, 5.41) is 0. The number of methoxy groups -OCH3 is 1. The van der Waals surface area contributed by atoms with Crippen LogP contribution in [0.15, 0.2) is 60.7 Å². The summed E-state index contributed by atoms with van der Waals surface area (Å²) in [6.07, 6.45) is 5.27. The average Bonchev–Trinajstić information content (AvgIpc) is 2.41. The molecule has 0 atom stereocenters. The molecule has 1 heteroatoms. The van der Waals surface area contributed by atoms with Crippen molar-refractivity contribution in [3.05, 3.63) is 71.8 Å².